The summed E-state index contributed by atoms with van der Waals surface area (Å²) >= 11 is 0. The topological polar surface area (TPSA) is 100 Å². The number of H-pyrrole nitrogens is 1. The molecule has 0 spiro atoms. The van der Waals surface area contributed by atoms with Gasteiger partial charge in [0.05, 0.1) is 7.11 Å². The minimum atomic E-state index is -0.526. The van der Waals surface area contributed by atoms with Crippen LogP contribution >= 0.6 is 0 Å². The summed E-state index contributed by atoms with van der Waals surface area (Å²) in [5, 5.41) is 6.32. The number of aromatic amines is 1. The van der Waals surface area contributed by atoms with E-state index in [1.807, 2.05) is 24.3 Å². The van der Waals surface area contributed by atoms with Gasteiger partial charge in [-0.3, -0.25) is 14.4 Å². The van der Waals surface area contributed by atoms with Gasteiger partial charge in [0.15, 0.2) is 5.78 Å². The van der Waals surface area contributed by atoms with Gasteiger partial charge in [-0.25, -0.2) is 0 Å². The first-order chi connectivity index (χ1) is 16.4. The first kappa shape index (κ1) is 22.5. The number of ketones is 1. The fourth-order valence-corrected chi connectivity index (χ4v) is 3.48. The lowest BCUT2D eigenvalue weighted by Gasteiger charge is -2.12. The maximum Gasteiger partial charge on any atom is 0.272 e. The lowest BCUT2D eigenvalue weighted by molar-refractivity contribution is -0.113. The second-order valence-corrected chi connectivity index (χ2v) is 7.62. The molecule has 1 heterocycles. The molecule has 1 aromatic heterocycles. The molecule has 170 valence electrons. The fraction of sp³-hybridized carbons (Fsp3) is 0.0741. The first-order valence-electron chi connectivity index (χ1n) is 10.6. The molecule has 0 fully saturated rings. The zero-order valence-electron chi connectivity index (χ0n) is 18.7. The number of Topliss-reactive ketones (excluding diaryl/α,β-unsaturated/α-hetero) is 1. The minimum absolute atomic E-state index is 0.0470. The van der Waals surface area contributed by atoms with Crippen molar-refractivity contribution in [1.29, 1.82) is 0 Å². The van der Waals surface area contributed by atoms with E-state index in [0.29, 0.717) is 28.1 Å². The summed E-state index contributed by atoms with van der Waals surface area (Å²) < 4.78 is 5.32. The zero-order chi connectivity index (χ0) is 24.1. The number of carbonyl (C=O) groups is 3. The quantitative estimate of drug-likeness (QED) is 0.277. The number of hydrogen-bond donors (Lipinski definition) is 3. The van der Waals surface area contributed by atoms with Gasteiger partial charge in [0.25, 0.3) is 11.8 Å². The average Bonchev–Trinajstić information content (AvgIpc) is 3.26. The number of aromatic nitrogens is 1. The van der Waals surface area contributed by atoms with Crippen molar-refractivity contribution in [2.45, 2.75) is 6.92 Å². The molecular formula is C27H23N3O4. The lowest BCUT2D eigenvalue weighted by atomic mass is 10.1. The normalized spacial score (nSPS) is 11.2. The van der Waals surface area contributed by atoms with E-state index in [1.54, 1.807) is 67.9 Å². The molecule has 0 atom stereocenters. The Labute approximate surface area is 196 Å². The van der Waals surface area contributed by atoms with Crippen LogP contribution in [0.3, 0.4) is 0 Å². The van der Waals surface area contributed by atoms with E-state index in [2.05, 4.69) is 15.6 Å². The Morgan fingerprint density at radius 2 is 1.68 bits per heavy atom. The summed E-state index contributed by atoms with van der Waals surface area (Å²) in [7, 11) is 1.58. The molecule has 0 aliphatic heterocycles. The molecule has 0 aliphatic carbocycles. The average molecular weight is 453 g/mol. The van der Waals surface area contributed by atoms with Crippen molar-refractivity contribution in [3.05, 3.63) is 101 Å². The Morgan fingerprint density at radius 3 is 2.41 bits per heavy atom. The monoisotopic (exact) mass is 453 g/mol. The second-order valence-electron chi connectivity index (χ2n) is 7.62. The molecule has 0 aliphatic rings. The van der Waals surface area contributed by atoms with Gasteiger partial charge in [0.1, 0.15) is 11.4 Å². The molecule has 0 bridgehead atoms. The predicted octanol–water partition coefficient (Wildman–Crippen LogP) is 4.79. The molecule has 3 aromatic carbocycles. The van der Waals surface area contributed by atoms with Gasteiger partial charge in [0, 0.05) is 39.5 Å². The van der Waals surface area contributed by atoms with Crippen LogP contribution in [-0.4, -0.2) is 29.7 Å². The maximum absolute atomic E-state index is 13.2. The Hall–Kier alpha value is -4.65. The summed E-state index contributed by atoms with van der Waals surface area (Å²) in [4.78, 5) is 40.9. The minimum Gasteiger partial charge on any atom is -0.497 e. The summed E-state index contributed by atoms with van der Waals surface area (Å²) in [5.74, 6) is -0.391. The molecule has 34 heavy (non-hydrogen) atoms. The molecular weight excluding hydrogens is 430 g/mol. The van der Waals surface area contributed by atoms with Crippen LogP contribution in [-0.2, 0) is 4.79 Å². The van der Waals surface area contributed by atoms with Crippen molar-refractivity contribution < 1.29 is 19.1 Å². The maximum atomic E-state index is 13.2. The van der Waals surface area contributed by atoms with Crippen LogP contribution in [0.1, 0.15) is 33.2 Å². The summed E-state index contributed by atoms with van der Waals surface area (Å²) in [6.07, 6.45) is 3.35. The van der Waals surface area contributed by atoms with Crippen molar-refractivity contribution in [3.8, 4) is 5.75 Å². The smallest absolute Gasteiger partial charge is 0.272 e. The largest absolute Gasteiger partial charge is 0.497 e. The highest BCUT2D eigenvalue weighted by Crippen LogP contribution is 2.25. The molecule has 4 aromatic rings. The van der Waals surface area contributed by atoms with Crippen LogP contribution in [0.15, 0.2) is 84.7 Å². The third-order valence-corrected chi connectivity index (χ3v) is 5.28. The van der Waals surface area contributed by atoms with Crippen LogP contribution in [0, 0.1) is 0 Å². The van der Waals surface area contributed by atoms with Gasteiger partial charge in [-0.15, -0.1) is 0 Å². The van der Waals surface area contributed by atoms with Crippen LogP contribution in [0.2, 0.25) is 0 Å². The van der Waals surface area contributed by atoms with E-state index in [4.69, 9.17) is 4.74 Å². The number of benzene rings is 3. The molecule has 7 heteroatoms. The van der Waals surface area contributed by atoms with Gasteiger partial charge in [-0.2, -0.15) is 0 Å². The Balaban J connectivity index is 1.71. The predicted molar refractivity (Wildman–Crippen MR) is 132 cm³/mol. The summed E-state index contributed by atoms with van der Waals surface area (Å²) in [6, 6.07) is 20.8. The van der Waals surface area contributed by atoms with Crippen molar-refractivity contribution in [2.75, 3.05) is 12.4 Å². The number of fused-ring (bicyclic) bond motifs is 1. The molecule has 2 amide bonds. The van der Waals surface area contributed by atoms with Gasteiger partial charge in [-0.05, 0) is 55.5 Å². The molecule has 4 rings (SSSR count). The van der Waals surface area contributed by atoms with Crippen molar-refractivity contribution >= 4 is 40.3 Å². The van der Waals surface area contributed by atoms with Crippen LogP contribution in [0.5, 0.6) is 5.75 Å². The highest BCUT2D eigenvalue weighted by molar-refractivity contribution is 6.12. The Bertz CT molecular complexity index is 1400. The SMILES string of the molecule is COc1ccc2[nH]cc(C=C(NC(=O)c3ccccc3)C(=O)Nc3cccc(C(C)=O)c3)c2c1. The number of amides is 2. The number of anilines is 1. The molecule has 3 N–H and O–H groups in total. The number of ether oxygens (including phenoxy) is 1. The highest BCUT2D eigenvalue weighted by atomic mass is 16.5. The number of nitrogens with one attached hydrogen (secondary N) is 3. The Morgan fingerprint density at radius 1 is 0.912 bits per heavy atom. The first-order valence-corrected chi connectivity index (χ1v) is 10.6. The van der Waals surface area contributed by atoms with Crippen LogP contribution < -0.4 is 15.4 Å². The summed E-state index contributed by atoms with van der Waals surface area (Å²) in [6.45, 7) is 1.46. The second kappa shape index (κ2) is 9.87. The fourth-order valence-electron chi connectivity index (χ4n) is 3.48. The number of hydrogen-bond acceptors (Lipinski definition) is 4. The van der Waals surface area contributed by atoms with E-state index in [0.717, 1.165) is 10.9 Å². The van der Waals surface area contributed by atoms with E-state index in [9.17, 15) is 14.4 Å². The van der Waals surface area contributed by atoms with Gasteiger partial charge < -0.3 is 20.4 Å². The van der Waals surface area contributed by atoms with Gasteiger partial charge in [0.2, 0.25) is 0 Å². The zero-order valence-corrected chi connectivity index (χ0v) is 18.7. The third kappa shape index (κ3) is 5.05. The molecule has 0 saturated carbocycles. The van der Waals surface area contributed by atoms with E-state index < -0.39 is 11.8 Å². The highest BCUT2D eigenvalue weighted by Gasteiger charge is 2.16. The number of rotatable bonds is 7. The standard InChI is InChI=1S/C27H23N3O4/c1-17(31)19-9-6-10-21(13-19)29-27(33)25(30-26(32)18-7-4-3-5-8-18)14-20-16-28-24-12-11-22(34-2)15-23(20)24/h3-16,28H,1-2H3,(H,29,33)(H,30,32). The van der Waals surface area contributed by atoms with Crippen LogP contribution in [0.4, 0.5) is 5.69 Å². The van der Waals surface area contributed by atoms with Crippen molar-refractivity contribution in [3.63, 3.8) is 0 Å². The molecule has 0 saturated heterocycles. The number of carbonyl (C=O) groups excluding carboxylic acids is 3. The summed E-state index contributed by atoms with van der Waals surface area (Å²) in [5.41, 5.74) is 2.94. The van der Waals surface area contributed by atoms with E-state index in [-0.39, 0.29) is 11.5 Å². The van der Waals surface area contributed by atoms with Gasteiger partial charge in [-0.1, -0.05) is 30.3 Å². The van der Waals surface area contributed by atoms with E-state index in [1.165, 1.54) is 6.92 Å². The van der Waals surface area contributed by atoms with Crippen molar-refractivity contribution in [2.24, 2.45) is 0 Å². The third-order valence-electron chi connectivity index (χ3n) is 5.28. The van der Waals surface area contributed by atoms with E-state index >= 15 is 0 Å². The van der Waals surface area contributed by atoms with Crippen LogP contribution in [0.25, 0.3) is 17.0 Å². The van der Waals surface area contributed by atoms with Gasteiger partial charge >= 0.3 is 0 Å². The lowest BCUT2D eigenvalue weighted by Crippen LogP contribution is -2.30. The molecule has 0 radical (unpaired) electrons. The number of methoxy groups -OCH3 is 1. The molecule has 7 nitrogen and oxygen atoms in total. The Kier molecular flexibility index (Phi) is 6.54. The molecule has 0 unspecified atom stereocenters. The van der Waals surface area contributed by atoms with Crippen molar-refractivity contribution in [1.82, 2.24) is 10.3 Å².